The van der Waals surface area contributed by atoms with Gasteiger partial charge in [0.15, 0.2) is 0 Å². The van der Waals surface area contributed by atoms with Gasteiger partial charge in [0.25, 0.3) is 0 Å². The summed E-state index contributed by atoms with van der Waals surface area (Å²) < 4.78 is 0. The van der Waals surface area contributed by atoms with E-state index in [0.29, 0.717) is 5.54 Å². The van der Waals surface area contributed by atoms with Crippen LogP contribution in [0.25, 0.3) is 0 Å². The van der Waals surface area contributed by atoms with E-state index < -0.39 is 0 Å². The summed E-state index contributed by atoms with van der Waals surface area (Å²) in [5, 5.41) is 0. The Balaban J connectivity index is 2.35. The molecule has 0 aliphatic carbocycles. The molecule has 2 heteroatoms. The van der Waals surface area contributed by atoms with Gasteiger partial charge in [0, 0.05) is 12.7 Å². The Hall–Kier alpha value is -0.790. The summed E-state index contributed by atoms with van der Waals surface area (Å²) in [6, 6.07) is 0. The minimum absolute atomic E-state index is 0.305. The fourth-order valence-corrected chi connectivity index (χ4v) is 0.775. The Morgan fingerprint density at radius 3 is 2.44 bits per heavy atom. The molecule has 0 unspecified atom stereocenters. The number of nitrogens with zero attached hydrogens (tertiary/aromatic N) is 1. The van der Waals surface area contributed by atoms with Gasteiger partial charge in [0.05, 0.1) is 5.54 Å². The summed E-state index contributed by atoms with van der Waals surface area (Å²) in [6.07, 6.45) is 4.15. The highest BCUT2D eigenvalue weighted by Crippen LogP contribution is 2.30. The number of carbonyl (C=O) groups is 1. The van der Waals surface area contributed by atoms with E-state index in [1.165, 1.54) is 6.08 Å². The number of carbonyl (C=O) groups excluding carboxylic acids is 1. The van der Waals surface area contributed by atoms with Crippen LogP contribution in [0.1, 0.15) is 13.8 Å². The highest BCUT2D eigenvalue weighted by Gasteiger charge is 2.39. The SMILES string of the molecule is CC1(C)CN1/C=C\C=O. The van der Waals surface area contributed by atoms with Crippen LogP contribution in [0.3, 0.4) is 0 Å². The van der Waals surface area contributed by atoms with E-state index in [4.69, 9.17) is 0 Å². The maximum Gasteiger partial charge on any atom is 0.144 e. The molecule has 0 aromatic rings. The second kappa shape index (κ2) is 1.87. The van der Waals surface area contributed by atoms with Crippen molar-refractivity contribution >= 4 is 6.29 Å². The number of hydrogen-bond acceptors (Lipinski definition) is 2. The fourth-order valence-electron chi connectivity index (χ4n) is 0.775. The zero-order valence-corrected chi connectivity index (χ0v) is 5.79. The van der Waals surface area contributed by atoms with E-state index in [9.17, 15) is 4.79 Å². The Morgan fingerprint density at radius 2 is 2.11 bits per heavy atom. The molecule has 0 N–H and O–H groups in total. The zero-order valence-electron chi connectivity index (χ0n) is 5.79. The molecule has 2 nitrogen and oxygen atoms in total. The zero-order chi connectivity index (χ0) is 6.91. The van der Waals surface area contributed by atoms with Crippen molar-refractivity contribution in [1.82, 2.24) is 4.90 Å². The van der Waals surface area contributed by atoms with Gasteiger partial charge in [0.2, 0.25) is 0 Å². The minimum atomic E-state index is 0.305. The molecule has 1 aliphatic rings. The third-order valence-corrected chi connectivity index (χ3v) is 1.58. The summed E-state index contributed by atoms with van der Waals surface area (Å²) in [4.78, 5) is 11.9. The average molecular weight is 125 g/mol. The summed E-state index contributed by atoms with van der Waals surface area (Å²) in [5.74, 6) is 0. The van der Waals surface area contributed by atoms with Crippen LogP contribution in [0, 0.1) is 0 Å². The van der Waals surface area contributed by atoms with Gasteiger partial charge in [-0.05, 0) is 19.9 Å². The van der Waals surface area contributed by atoms with Crippen molar-refractivity contribution in [2.45, 2.75) is 19.4 Å². The first-order valence-electron chi connectivity index (χ1n) is 3.05. The van der Waals surface area contributed by atoms with Gasteiger partial charge in [-0.3, -0.25) is 4.79 Å². The molecule has 50 valence electrons. The number of hydrogen-bond donors (Lipinski definition) is 0. The third-order valence-electron chi connectivity index (χ3n) is 1.58. The quantitative estimate of drug-likeness (QED) is 0.309. The van der Waals surface area contributed by atoms with Crippen molar-refractivity contribution in [3.05, 3.63) is 12.3 Å². The summed E-state index contributed by atoms with van der Waals surface area (Å²) in [7, 11) is 0. The normalized spacial score (nSPS) is 22.7. The molecule has 0 bridgehead atoms. The molecule has 1 aliphatic heterocycles. The van der Waals surface area contributed by atoms with Crippen LogP contribution < -0.4 is 0 Å². The molecule has 0 aromatic heterocycles. The number of rotatable bonds is 2. The Labute approximate surface area is 55.2 Å². The average Bonchev–Trinajstić information content (AvgIpc) is 2.35. The van der Waals surface area contributed by atoms with E-state index in [2.05, 4.69) is 18.7 Å². The van der Waals surface area contributed by atoms with Gasteiger partial charge in [-0.1, -0.05) is 0 Å². The molecule has 1 saturated heterocycles. The lowest BCUT2D eigenvalue weighted by molar-refractivity contribution is -0.104. The molecule has 1 fully saturated rings. The molecule has 1 heterocycles. The number of aldehydes is 1. The predicted molar refractivity (Wildman–Crippen MR) is 36.0 cm³/mol. The molecule has 0 spiro atoms. The highest BCUT2D eigenvalue weighted by atomic mass is 16.1. The topological polar surface area (TPSA) is 20.1 Å². The Morgan fingerprint density at radius 1 is 1.56 bits per heavy atom. The van der Waals surface area contributed by atoms with Gasteiger partial charge >= 0.3 is 0 Å². The van der Waals surface area contributed by atoms with Crippen LogP contribution in [-0.4, -0.2) is 23.3 Å². The molecule has 9 heavy (non-hydrogen) atoms. The maximum atomic E-state index is 9.83. The lowest BCUT2D eigenvalue weighted by Gasteiger charge is -1.98. The van der Waals surface area contributed by atoms with Gasteiger partial charge in [-0.2, -0.15) is 0 Å². The smallest absolute Gasteiger partial charge is 0.144 e. The van der Waals surface area contributed by atoms with E-state index in [1.807, 2.05) is 6.20 Å². The van der Waals surface area contributed by atoms with Gasteiger partial charge < -0.3 is 4.90 Å². The summed E-state index contributed by atoms with van der Waals surface area (Å²) in [5.41, 5.74) is 0.305. The standard InChI is InChI=1S/C7H11NO/c1-7(2)6-8(7)4-3-5-9/h3-5H,6H2,1-2H3/b4-3-. The molecular formula is C7H11NO. The van der Waals surface area contributed by atoms with E-state index >= 15 is 0 Å². The first kappa shape index (κ1) is 6.33. The van der Waals surface area contributed by atoms with E-state index in [-0.39, 0.29) is 0 Å². The monoisotopic (exact) mass is 125 g/mol. The van der Waals surface area contributed by atoms with Crippen molar-refractivity contribution < 1.29 is 4.79 Å². The molecule has 0 atom stereocenters. The van der Waals surface area contributed by atoms with E-state index in [1.54, 1.807) is 0 Å². The van der Waals surface area contributed by atoms with Crippen LogP contribution in [0.15, 0.2) is 12.3 Å². The van der Waals surface area contributed by atoms with Gasteiger partial charge in [-0.25, -0.2) is 0 Å². The first-order chi connectivity index (χ1) is 4.17. The predicted octanol–water partition coefficient (Wildman–Crippen LogP) is 0.793. The second-order valence-corrected chi connectivity index (χ2v) is 2.92. The number of allylic oxidation sites excluding steroid dienone is 1. The molecule has 0 aromatic carbocycles. The molecule has 0 amide bonds. The Kier molecular flexibility index (Phi) is 1.31. The third kappa shape index (κ3) is 1.31. The van der Waals surface area contributed by atoms with Gasteiger partial charge in [-0.15, -0.1) is 0 Å². The van der Waals surface area contributed by atoms with Crippen LogP contribution >= 0.6 is 0 Å². The Bertz CT molecular complexity index is 149. The van der Waals surface area contributed by atoms with Gasteiger partial charge in [0.1, 0.15) is 6.29 Å². The molecule has 1 rings (SSSR count). The maximum absolute atomic E-state index is 9.83. The van der Waals surface area contributed by atoms with Crippen molar-refractivity contribution in [3.8, 4) is 0 Å². The van der Waals surface area contributed by atoms with Crippen LogP contribution in [-0.2, 0) is 4.79 Å². The summed E-state index contributed by atoms with van der Waals surface area (Å²) in [6.45, 7) is 5.35. The molecule has 0 saturated carbocycles. The molecule has 0 radical (unpaired) electrons. The minimum Gasteiger partial charge on any atom is -0.368 e. The highest BCUT2D eigenvalue weighted by molar-refractivity contribution is 5.64. The lowest BCUT2D eigenvalue weighted by atomic mass is 10.2. The van der Waals surface area contributed by atoms with Crippen molar-refractivity contribution in [2.24, 2.45) is 0 Å². The van der Waals surface area contributed by atoms with Crippen molar-refractivity contribution in [2.75, 3.05) is 6.54 Å². The largest absolute Gasteiger partial charge is 0.368 e. The fraction of sp³-hybridized carbons (Fsp3) is 0.571. The summed E-state index contributed by atoms with van der Waals surface area (Å²) >= 11 is 0. The lowest BCUT2D eigenvalue weighted by Crippen LogP contribution is -2.02. The first-order valence-corrected chi connectivity index (χ1v) is 3.05. The van der Waals surface area contributed by atoms with Crippen LogP contribution in [0.2, 0.25) is 0 Å². The van der Waals surface area contributed by atoms with Crippen LogP contribution in [0.4, 0.5) is 0 Å². The van der Waals surface area contributed by atoms with Crippen LogP contribution in [0.5, 0.6) is 0 Å². The second-order valence-electron chi connectivity index (χ2n) is 2.92. The van der Waals surface area contributed by atoms with E-state index in [0.717, 1.165) is 12.8 Å². The van der Waals surface area contributed by atoms with Crippen molar-refractivity contribution in [1.29, 1.82) is 0 Å². The molecular weight excluding hydrogens is 114 g/mol. The van der Waals surface area contributed by atoms with Crippen molar-refractivity contribution in [3.63, 3.8) is 0 Å².